The number of methoxy groups -OCH3 is 1. The van der Waals surface area contributed by atoms with Crippen LogP contribution in [0.4, 0.5) is 0 Å². The Bertz CT molecular complexity index is 1550. The van der Waals surface area contributed by atoms with Crippen molar-refractivity contribution < 1.29 is 14.1 Å². The number of hydrogen-bond donors (Lipinski definition) is 2. The van der Waals surface area contributed by atoms with Crippen LogP contribution in [0, 0.1) is 13.8 Å². The number of carbonyl (C=O) groups excluding carboxylic acids is 1. The number of nitrogens with zero attached hydrogens (tertiary/aromatic N) is 2. The van der Waals surface area contributed by atoms with E-state index >= 15 is 0 Å². The van der Waals surface area contributed by atoms with Crippen molar-refractivity contribution in [3.05, 3.63) is 92.6 Å². The number of aryl methyl sites for hydroxylation is 2. The maximum Gasteiger partial charge on any atom is 0.217 e. The molecular weight excluding hydrogens is 392 g/mol. The first-order chi connectivity index (χ1) is 15.0. The quantitative estimate of drug-likeness (QED) is 0.493. The molecule has 0 atom stereocenters. The molecule has 0 saturated carbocycles. The smallest absolute Gasteiger partial charge is 0.217 e. The predicted octanol–water partition coefficient (Wildman–Crippen LogP) is 1.26. The van der Waals surface area contributed by atoms with E-state index in [9.17, 15) is 4.79 Å². The van der Waals surface area contributed by atoms with Crippen LogP contribution in [0.1, 0.15) is 27.4 Å². The third-order valence-corrected chi connectivity index (χ3v) is 5.30. The summed E-state index contributed by atoms with van der Waals surface area (Å²) in [6.45, 7) is 4.06. The molecule has 0 bridgehead atoms. The molecule has 5 rings (SSSR count). The van der Waals surface area contributed by atoms with Crippen LogP contribution in [0.25, 0.3) is 17.3 Å². The molecule has 0 amide bonds. The summed E-state index contributed by atoms with van der Waals surface area (Å²) < 4.78 is 10.5. The monoisotopic (exact) mass is 412 g/mol. The number of hydrogen-bond acceptors (Lipinski definition) is 5. The number of aromatic amines is 2. The lowest BCUT2D eigenvalue weighted by Crippen LogP contribution is -2.25. The van der Waals surface area contributed by atoms with Crippen LogP contribution in [-0.4, -0.2) is 28.0 Å². The van der Waals surface area contributed by atoms with Crippen molar-refractivity contribution in [2.75, 3.05) is 7.11 Å². The minimum Gasteiger partial charge on any atom is -0.494 e. The second-order valence-electron chi connectivity index (χ2n) is 7.42. The van der Waals surface area contributed by atoms with Gasteiger partial charge in [-0.2, -0.15) is 0 Å². The third kappa shape index (κ3) is 3.20. The third-order valence-electron chi connectivity index (χ3n) is 5.30. The zero-order valence-corrected chi connectivity index (χ0v) is 17.3. The molecule has 0 unspecified atom stereocenters. The molecule has 1 aliphatic rings. The van der Waals surface area contributed by atoms with E-state index in [2.05, 4.69) is 21.2 Å². The summed E-state index contributed by atoms with van der Waals surface area (Å²) in [5, 5.41) is 6.80. The summed E-state index contributed by atoms with van der Waals surface area (Å²) in [6.07, 6.45) is 3.38. The Balaban J connectivity index is 1.78. The second-order valence-corrected chi connectivity index (χ2v) is 7.42. The lowest BCUT2D eigenvalue weighted by Gasteiger charge is -2.00. The van der Waals surface area contributed by atoms with Gasteiger partial charge in [0.2, 0.25) is 5.78 Å². The fourth-order valence-corrected chi connectivity index (χ4v) is 3.87. The highest BCUT2D eigenvalue weighted by Crippen LogP contribution is 2.19. The molecule has 1 aromatic carbocycles. The number of Topliss-reactive ketones (excluding diaryl/α,β-unsaturated/α-hetero) is 1. The van der Waals surface area contributed by atoms with E-state index in [1.54, 1.807) is 13.2 Å². The molecule has 7 heteroatoms. The van der Waals surface area contributed by atoms with Gasteiger partial charge in [0.25, 0.3) is 0 Å². The molecule has 0 aliphatic carbocycles. The van der Waals surface area contributed by atoms with E-state index in [-0.39, 0.29) is 11.5 Å². The molecule has 3 aromatic heterocycles. The van der Waals surface area contributed by atoms with Gasteiger partial charge in [-0.3, -0.25) is 4.79 Å². The maximum absolute atomic E-state index is 13.3. The molecular formula is C24H20N4O3. The van der Waals surface area contributed by atoms with Gasteiger partial charge in [-0.1, -0.05) is 23.4 Å². The predicted molar refractivity (Wildman–Crippen MR) is 115 cm³/mol. The number of carbonyl (C=O) groups is 1. The molecule has 154 valence electrons. The molecule has 0 fully saturated rings. The van der Waals surface area contributed by atoms with Crippen molar-refractivity contribution in [2.24, 2.45) is 4.99 Å². The standard InChI is InChI=1S/C24H20N4O3/c1-13-10-14(2)25-18(13)11-19-21(30-3)12-20(26-19)23-22(24(29)17-8-9-31-28-17)15-6-4-5-7-16(15)27-23/h4-12,25-26H,1-3H3. The van der Waals surface area contributed by atoms with Gasteiger partial charge >= 0.3 is 0 Å². The van der Waals surface area contributed by atoms with Crippen molar-refractivity contribution >= 4 is 23.1 Å². The SMILES string of the molecule is COc1cc(=C2N=c3ccccc3=C2C(=O)c2ccon2)[nH]c1=Cc1[nH]c(C)cc1C. The fraction of sp³-hybridized carbons (Fsp3) is 0.125. The van der Waals surface area contributed by atoms with Crippen LogP contribution in [-0.2, 0) is 0 Å². The Hall–Kier alpha value is -4.13. The highest BCUT2D eigenvalue weighted by molar-refractivity contribution is 6.34. The van der Waals surface area contributed by atoms with E-state index in [1.165, 1.54) is 6.26 Å². The Labute approximate surface area is 177 Å². The minimum atomic E-state index is -0.243. The van der Waals surface area contributed by atoms with Crippen molar-refractivity contribution in [1.82, 2.24) is 15.1 Å². The number of para-hydroxylation sites is 1. The maximum atomic E-state index is 13.3. The molecule has 1 aliphatic heterocycles. The highest BCUT2D eigenvalue weighted by Gasteiger charge is 2.24. The van der Waals surface area contributed by atoms with E-state index in [1.807, 2.05) is 50.3 Å². The van der Waals surface area contributed by atoms with Gasteiger partial charge in [0, 0.05) is 28.7 Å². The highest BCUT2D eigenvalue weighted by atomic mass is 16.5. The average Bonchev–Trinajstić information content (AvgIpc) is 3.53. The molecule has 2 N–H and O–H groups in total. The van der Waals surface area contributed by atoms with E-state index in [0.717, 1.165) is 32.9 Å². The largest absolute Gasteiger partial charge is 0.494 e. The van der Waals surface area contributed by atoms with Crippen LogP contribution in [0.3, 0.4) is 0 Å². The number of ketones is 1. The number of nitrogens with one attached hydrogen (secondary N) is 2. The first-order valence-electron chi connectivity index (χ1n) is 9.84. The van der Waals surface area contributed by atoms with Gasteiger partial charge < -0.3 is 19.2 Å². The van der Waals surface area contributed by atoms with Gasteiger partial charge in [-0.15, -0.1) is 0 Å². The lowest BCUT2D eigenvalue weighted by molar-refractivity contribution is 0.104. The first-order valence-corrected chi connectivity index (χ1v) is 9.84. The van der Waals surface area contributed by atoms with Gasteiger partial charge in [0.1, 0.15) is 12.0 Å². The number of rotatable bonds is 4. The number of H-pyrrole nitrogens is 2. The lowest BCUT2D eigenvalue weighted by atomic mass is 10.0. The molecule has 0 radical (unpaired) electrons. The summed E-state index contributed by atoms with van der Waals surface area (Å²) in [7, 11) is 1.62. The van der Waals surface area contributed by atoms with Crippen molar-refractivity contribution in [3.8, 4) is 5.75 Å². The van der Waals surface area contributed by atoms with Crippen LogP contribution in [0.2, 0.25) is 0 Å². The summed E-state index contributed by atoms with van der Waals surface area (Å²) in [5.74, 6) is 0.418. The topological polar surface area (TPSA) is 96.3 Å². The summed E-state index contributed by atoms with van der Waals surface area (Å²) in [4.78, 5) is 24.7. The van der Waals surface area contributed by atoms with Crippen LogP contribution < -0.4 is 26.0 Å². The molecule has 0 saturated heterocycles. The van der Waals surface area contributed by atoms with Gasteiger partial charge in [0.05, 0.1) is 34.4 Å². The summed E-state index contributed by atoms with van der Waals surface area (Å²) in [6, 6.07) is 13.1. The van der Waals surface area contributed by atoms with Gasteiger partial charge in [-0.05, 0) is 37.6 Å². The Morgan fingerprint density at radius 3 is 2.68 bits per heavy atom. The minimum absolute atomic E-state index is 0.238. The number of aromatic nitrogens is 3. The first kappa shape index (κ1) is 18.9. The van der Waals surface area contributed by atoms with Crippen LogP contribution >= 0.6 is 0 Å². The molecule has 4 aromatic rings. The van der Waals surface area contributed by atoms with Crippen molar-refractivity contribution in [3.63, 3.8) is 0 Å². The van der Waals surface area contributed by atoms with E-state index in [4.69, 9.17) is 14.3 Å². The number of benzene rings is 1. The number of ether oxygens (including phenoxy) is 1. The van der Waals surface area contributed by atoms with Crippen LogP contribution in [0.15, 0.2) is 58.2 Å². The van der Waals surface area contributed by atoms with E-state index in [0.29, 0.717) is 22.4 Å². The zero-order chi connectivity index (χ0) is 21.5. The van der Waals surface area contributed by atoms with Gasteiger partial charge in [-0.25, -0.2) is 4.99 Å². The summed E-state index contributed by atoms with van der Waals surface area (Å²) >= 11 is 0. The van der Waals surface area contributed by atoms with Crippen LogP contribution in [0.5, 0.6) is 5.75 Å². The van der Waals surface area contributed by atoms with E-state index < -0.39 is 0 Å². The molecule has 0 spiro atoms. The normalized spacial score (nSPS) is 15.2. The average molecular weight is 412 g/mol. The molecule has 31 heavy (non-hydrogen) atoms. The second kappa shape index (κ2) is 7.28. The number of fused-ring (bicyclic) bond motifs is 1. The Kier molecular flexibility index (Phi) is 4.43. The summed E-state index contributed by atoms with van der Waals surface area (Å²) in [5.41, 5.74) is 4.47. The van der Waals surface area contributed by atoms with Gasteiger partial charge in [0.15, 0.2) is 5.69 Å². The van der Waals surface area contributed by atoms with Crippen molar-refractivity contribution in [1.29, 1.82) is 0 Å². The Morgan fingerprint density at radius 2 is 1.97 bits per heavy atom. The van der Waals surface area contributed by atoms with Crippen molar-refractivity contribution in [2.45, 2.75) is 13.8 Å². The molecule has 7 nitrogen and oxygen atoms in total. The zero-order valence-electron chi connectivity index (χ0n) is 17.3. The Morgan fingerprint density at radius 1 is 1.13 bits per heavy atom. The molecule has 4 heterocycles. The fourth-order valence-electron chi connectivity index (χ4n) is 3.87.